The first-order valence-electron chi connectivity index (χ1n) is 17.5. The molecule has 52 heavy (non-hydrogen) atoms. The van der Waals surface area contributed by atoms with E-state index < -0.39 is 42.1 Å². The number of benzene rings is 3. The number of carboxylic acids is 1. The number of fused-ring (bicyclic) bond motifs is 3. The summed E-state index contributed by atoms with van der Waals surface area (Å²) in [6.07, 6.45) is -2.02. The Hall–Kier alpha value is -4.82. The van der Waals surface area contributed by atoms with Gasteiger partial charge in [0.1, 0.15) is 19.3 Å². The number of ether oxygens (including phenoxy) is 4. The molecule has 3 amide bonds. The second-order valence-electron chi connectivity index (χ2n) is 12.9. The monoisotopic (exact) mass is 719 g/mol. The molecule has 13 heteroatoms. The van der Waals surface area contributed by atoms with Crippen molar-refractivity contribution in [3.05, 3.63) is 95.6 Å². The van der Waals surface area contributed by atoms with E-state index in [4.69, 9.17) is 24.1 Å². The Morgan fingerprint density at radius 3 is 1.92 bits per heavy atom. The number of hydrogen-bond donors (Lipinski definition) is 5. The molecule has 0 radical (unpaired) electrons. The number of carbonyl (C=O) groups is 4. The standard InChI is InChI=1S/C39H49N3O10/c1-26(2)22-34(37(46)40-16-17-49-18-19-50-20-21-51-25-35(43)44)41-38(47)36(45)33(23-27-10-4-3-5-11-27)42-39(48)52-24-32-30-14-8-6-12-28(30)29-13-7-9-15-31(29)32/h3-15,26,32-34,36,45H,16-25H2,1-2H3,(H,40,46)(H,41,47)(H,42,48)(H,43,44)/t33-,34+,36+/m1/s1. The maximum atomic E-state index is 13.5. The van der Waals surface area contributed by atoms with Crippen LogP contribution in [0.3, 0.4) is 0 Å². The summed E-state index contributed by atoms with van der Waals surface area (Å²) in [5.41, 5.74) is 5.09. The third-order valence-corrected chi connectivity index (χ3v) is 8.45. The van der Waals surface area contributed by atoms with Crippen molar-refractivity contribution < 1.29 is 48.3 Å². The highest BCUT2D eigenvalue weighted by Gasteiger charge is 2.33. The summed E-state index contributed by atoms with van der Waals surface area (Å²) < 4.78 is 21.4. The zero-order valence-corrected chi connectivity index (χ0v) is 29.6. The lowest BCUT2D eigenvalue weighted by atomic mass is 9.98. The van der Waals surface area contributed by atoms with Crippen molar-refractivity contribution in [1.82, 2.24) is 16.0 Å². The van der Waals surface area contributed by atoms with Gasteiger partial charge in [0, 0.05) is 12.5 Å². The minimum Gasteiger partial charge on any atom is -0.480 e. The van der Waals surface area contributed by atoms with Crippen LogP contribution in [0, 0.1) is 5.92 Å². The summed E-state index contributed by atoms with van der Waals surface area (Å²) in [5.74, 6) is -2.41. The van der Waals surface area contributed by atoms with Crippen molar-refractivity contribution >= 4 is 23.9 Å². The number of rotatable bonds is 22. The van der Waals surface area contributed by atoms with Gasteiger partial charge in [-0.2, -0.15) is 0 Å². The van der Waals surface area contributed by atoms with Crippen molar-refractivity contribution in [3.63, 3.8) is 0 Å². The fraction of sp³-hybridized carbons (Fsp3) is 0.436. The summed E-state index contributed by atoms with van der Waals surface area (Å²) in [6.45, 7) is 4.77. The van der Waals surface area contributed by atoms with E-state index in [0.717, 1.165) is 27.8 Å². The number of nitrogens with one attached hydrogen (secondary N) is 3. The lowest BCUT2D eigenvalue weighted by Crippen LogP contribution is -2.56. The zero-order chi connectivity index (χ0) is 37.3. The summed E-state index contributed by atoms with van der Waals surface area (Å²) in [7, 11) is 0. The van der Waals surface area contributed by atoms with Gasteiger partial charge in [0.25, 0.3) is 5.91 Å². The fourth-order valence-corrected chi connectivity index (χ4v) is 6.01. The van der Waals surface area contributed by atoms with Crippen LogP contribution in [0.4, 0.5) is 4.79 Å². The lowest BCUT2D eigenvalue weighted by molar-refractivity contribution is -0.142. The minimum atomic E-state index is -1.69. The highest BCUT2D eigenvalue weighted by atomic mass is 16.6. The molecule has 0 bridgehead atoms. The van der Waals surface area contributed by atoms with Crippen LogP contribution < -0.4 is 16.0 Å². The third-order valence-electron chi connectivity index (χ3n) is 8.45. The van der Waals surface area contributed by atoms with Crippen LogP contribution in [0.15, 0.2) is 78.9 Å². The first-order chi connectivity index (χ1) is 25.1. The summed E-state index contributed by atoms with van der Waals surface area (Å²) in [4.78, 5) is 50.2. The number of carbonyl (C=O) groups excluding carboxylic acids is 3. The quantitative estimate of drug-likeness (QED) is 0.0968. The Morgan fingerprint density at radius 1 is 0.731 bits per heavy atom. The Kier molecular flexibility index (Phi) is 16.0. The van der Waals surface area contributed by atoms with Crippen LogP contribution in [0.2, 0.25) is 0 Å². The van der Waals surface area contributed by atoms with Gasteiger partial charge in [-0.05, 0) is 46.6 Å². The third kappa shape index (κ3) is 12.4. The average Bonchev–Trinajstić information content (AvgIpc) is 3.45. The molecule has 0 saturated heterocycles. The maximum Gasteiger partial charge on any atom is 0.407 e. The van der Waals surface area contributed by atoms with Gasteiger partial charge in [-0.1, -0.05) is 92.7 Å². The molecule has 13 nitrogen and oxygen atoms in total. The second-order valence-corrected chi connectivity index (χ2v) is 12.9. The Morgan fingerprint density at radius 2 is 1.31 bits per heavy atom. The molecule has 0 fully saturated rings. The highest BCUT2D eigenvalue weighted by Crippen LogP contribution is 2.44. The van der Waals surface area contributed by atoms with E-state index in [2.05, 4.69) is 16.0 Å². The van der Waals surface area contributed by atoms with Gasteiger partial charge in [0.2, 0.25) is 5.91 Å². The normalized spacial score (nSPS) is 13.8. The van der Waals surface area contributed by atoms with Gasteiger partial charge in [-0.3, -0.25) is 9.59 Å². The predicted octanol–water partition coefficient (Wildman–Crippen LogP) is 3.28. The molecule has 3 atom stereocenters. The smallest absolute Gasteiger partial charge is 0.407 e. The van der Waals surface area contributed by atoms with Crippen LogP contribution >= 0.6 is 0 Å². The number of aliphatic carboxylic acids is 1. The maximum absolute atomic E-state index is 13.5. The van der Waals surface area contributed by atoms with E-state index in [1.807, 2.05) is 92.7 Å². The summed E-state index contributed by atoms with van der Waals surface area (Å²) in [6, 6.07) is 23.2. The van der Waals surface area contributed by atoms with Crippen molar-refractivity contribution in [3.8, 4) is 11.1 Å². The molecule has 5 N–H and O–H groups in total. The Bertz CT molecular complexity index is 1560. The van der Waals surface area contributed by atoms with Crippen molar-refractivity contribution in [2.75, 3.05) is 52.8 Å². The second kappa shape index (κ2) is 20.9. The molecule has 0 spiro atoms. The number of amides is 3. The molecule has 1 aliphatic rings. The summed E-state index contributed by atoms with van der Waals surface area (Å²) in [5, 5.41) is 28.0. The molecular weight excluding hydrogens is 670 g/mol. The Labute approximate surface area is 304 Å². The van der Waals surface area contributed by atoms with Gasteiger partial charge in [-0.15, -0.1) is 0 Å². The van der Waals surface area contributed by atoms with Crippen LogP contribution in [0.25, 0.3) is 11.1 Å². The SMILES string of the molecule is CC(C)C[C@H](NC(=O)[C@@H](O)[C@@H](Cc1ccccc1)NC(=O)OCC1c2ccccc2-c2ccccc21)C(=O)NCCOCCOCCOCC(=O)O. The van der Waals surface area contributed by atoms with E-state index in [-0.39, 0.29) is 71.0 Å². The van der Waals surface area contributed by atoms with Gasteiger partial charge in [-0.25, -0.2) is 9.59 Å². The van der Waals surface area contributed by atoms with Crippen molar-refractivity contribution in [1.29, 1.82) is 0 Å². The van der Waals surface area contributed by atoms with E-state index in [1.54, 1.807) is 0 Å². The first-order valence-corrected chi connectivity index (χ1v) is 17.5. The molecule has 0 unspecified atom stereocenters. The van der Waals surface area contributed by atoms with Gasteiger partial charge < -0.3 is 45.1 Å². The molecule has 3 aromatic carbocycles. The molecule has 0 aromatic heterocycles. The van der Waals surface area contributed by atoms with Crippen LogP contribution in [0.1, 0.15) is 42.9 Å². The highest BCUT2D eigenvalue weighted by molar-refractivity contribution is 5.90. The molecule has 4 rings (SSSR count). The molecule has 1 aliphatic carbocycles. The molecule has 3 aromatic rings. The van der Waals surface area contributed by atoms with Gasteiger partial charge in [0.05, 0.1) is 39.1 Å². The number of alkyl carbamates (subject to hydrolysis) is 1. The van der Waals surface area contributed by atoms with Crippen LogP contribution in [-0.2, 0) is 39.8 Å². The van der Waals surface area contributed by atoms with Gasteiger partial charge >= 0.3 is 12.1 Å². The van der Waals surface area contributed by atoms with Crippen molar-refractivity contribution in [2.45, 2.75) is 50.8 Å². The van der Waals surface area contributed by atoms with Crippen LogP contribution in [-0.4, -0.2) is 105 Å². The fourth-order valence-electron chi connectivity index (χ4n) is 6.01. The zero-order valence-electron chi connectivity index (χ0n) is 29.6. The lowest BCUT2D eigenvalue weighted by Gasteiger charge is -2.26. The van der Waals surface area contributed by atoms with E-state index >= 15 is 0 Å². The average molecular weight is 720 g/mol. The number of aliphatic hydroxyl groups excluding tert-OH is 1. The molecule has 280 valence electrons. The molecular formula is C39H49N3O10. The largest absolute Gasteiger partial charge is 0.480 e. The molecule has 0 aliphatic heterocycles. The topological polar surface area (TPSA) is 182 Å². The van der Waals surface area contributed by atoms with Crippen LogP contribution in [0.5, 0.6) is 0 Å². The van der Waals surface area contributed by atoms with Crippen molar-refractivity contribution in [2.24, 2.45) is 5.92 Å². The van der Waals surface area contributed by atoms with E-state index in [1.165, 1.54) is 0 Å². The van der Waals surface area contributed by atoms with E-state index in [0.29, 0.717) is 6.42 Å². The van der Waals surface area contributed by atoms with Gasteiger partial charge in [0.15, 0.2) is 6.10 Å². The first kappa shape index (κ1) is 40.0. The number of carboxylic acid groups (broad SMARTS) is 1. The molecule has 0 saturated carbocycles. The minimum absolute atomic E-state index is 0.0418. The molecule has 0 heterocycles. The number of aliphatic hydroxyl groups is 1. The van der Waals surface area contributed by atoms with E-state index in [9.17, 15) is 24.3 Å². The summed E-state index contributed by atoms with van der Waals surface area (Å²) >= 11 is 0. The predicted molar refractivity (Wildman–Crippen MR) is 193 cm³/mol. The number of hydrogen-bond acceptors (Lipinski definition) is 9. The Balaban J connectivity index is 1.30.